The molecule has 0 radical (unpaired) electrons. The van der Waals surface area contributed by atoms with Gasteiger partial charge in [-0.1, -0.05) is 6.92 Å². The Kier molecular flexibility index (Phi) is 4.52. The fourth-order valence-electron chi connectivity index (χ4n) is 4.39. The Morgan fingerprint density at radius 3 is 2.52 bits per heavy atom. The van der Waals surface area contributed by atoms with Crippen molar-refractivity contribution in [3.63, 3.8) is 0 Å². The van der Waals surface area contributed by atoms with Gasteiger partial charge in [-0.3, -0.25) is 9.69 Å². The summed E-state index contributed by atoms with van der Waals surface area (Å²) < 4.78 is 11.3. The second-order valence-corrected chi connectivity index (χ2v) is 6.56. The van der Waals surface area contributed by atoms with Crippen LogP contribution >= 0.6 is 0 Å². The highest BCUT2D eigenvalue weighted by atomic mass is 16.5. The van der Waals surface area contributed by atoms with Crippen molar-refractivity contribution in [2.24, 2.45) is 0 Å². The van der Waals surface area contributed by atoms with Gasteiger partial charge in [-0.2, -0.15) is 0 Å². The zero-order chi connectivity index (χ0) is 14.9. The number of likely N-dealkylation sites (tertiary alicyclic amines) is 2. The number of hydrogen-bond donors (Lipinski definition) is 0. The lowest BCUT2D eigenvalue weighted by Crippen LogP contribution is -2.75. The average Bonchev–Trinajstić information content (AvgIpc) is 2.55. The fourth-order valence-corrected chi connectivity index (χ4v) is 4.39. The van der Waals surface area contributed by atoms with Crippen LogP contribution in [0.2, 0.25) is 0 Å². The number of hydrogen-bond acceptors (Lipinski definition) is 4. The number of carbonyl (C=O) groups is 1. The van der Waals surface area contributed by atoms with Gasteiger partial charge in [-0.15, -0.1) is 0 Å². The first-order valence-electron chi connectivity index (χ1n) is 8.36. The van der Waals surface area contributed by atoms with E-state index >= 15 is 0 Å². The third-order valence-corrected chi connectivity index (χ3v) is 5.74. The molecule has 5 nitrogen and oxygen atoms in total. The van der Waals surface area contributed by atoms with E-state index in [1.54, 1.807) is 0 Å². The summed E-state index contributed by atoms with van der Waals surface area (Å²) in [6.45, 7) is 6.52. The molecule has 5 heteroatoms. The molecule has 0 aromatic rings. The largest absolute Gasteiger partial charge is 0.381 e. The Bertz CT molecular complexity index is 374. The Labute approximate surface area is 127 Å². The third kappa shape index (κ3) is 2.60. The minimum Gasteiger partial charge on any atom is -0.381 e. The van der Waals surface area contributed by atoms with E-state index in [-0.39, 0.29) is 5.54 Å². The topological polar surface area (TPSA) is 42.0 Å². The Balaban J connectivity index is 1.61. The molecule has 1 atom stereocenters. The highest BCUT2D eigenvalue weighted by Gasteiger charge is 2.56. The van der Waals surface area contributed by atoms with Gasteiger partial charge in [-0.25, -0.2) is 0 Å². The van der Waals surface area contributed by atoms with Crippen LogP contribution in [0, 0.1) is 0 Å². The molecule has 0 saturated carbocycles. The van der Waals surface area contributed by atoms with E-state index in [4.69, 9.17) is 9.47 Å². The summed E-state index contributed by atoms with van der Waals surface area (Å²) in [4.78, 5) is 16.5. The molecule has 1 spiro atoms. The summed E-state index contributed by atoms with van der Waals surface area (Å²) in [6.07, 6.45) is 5.35. The van der Waals surface area contributed by atoms with E-state index in [1.165, 1.54) is 0 Å². The minimum absolute atomic E-state index is 0.203. The summed E-state index contributed by atoms with van der Waals surface area (Å²) in [5.74, 6) is 0.299. The standard InChI is InChI=1S/C16H28N2O3/c1-3-15(19)17-8-4-13(5-9-17)18-12-14(20-2)16(18)6-10-21-11-7-16/h13-14H,3-12H2,1-2H3. The number of amides is 1. The molecule has 1 amide bonds. The van der Waals surface area contributed by atoms with Gasteiger partial charge in [0.05, 0.1) is 11.6 Å². The van der Waals surface area contributed by atoms with E-state index in [0.29, 0.717) is 24.5 Å². The van der Waals surface area contributed by atoms with Crippen molar-refractivity contribution in [3.05, 3.63) is 0 Å². The number of ether oxygens (including phenoxy) is 2. The molecular weight excluding hydrogens is 268 g/mol. The maximum Gasteiger partial charge on any atom is 0.222 e. The van der Waals surface area contributed by atoms with E-state index in [0.717, 1.165) is 58.5 Å². The van der Waals surface area contributed by atoms with Crippen molar-refractivity contribution >= 4 is 5.91 Å². The summed E-state index contributed by atoms with van der Waals surface area (Å²) in [6, 6.07) is 0.607. The zero-order valence-corrected chi connectivity index (χ0v) is 13.3. The number of carbonyl (C=O) groups excluding carboxylic acids is 1. The van der Waals surface area contributed by atoms with Gasteiger partial charge in [-0.05, 0) is 25.7 Å². The van der Waals surface area contributed by atoms with E-state index in [9.17, 15) is 4.79 Å². The highest BCUT2D eigenvalue weighted by molar-refractivity contribution is 5.75. The molecule has 120 valence electrons. The maximum atomic E-state index is 11.8. The molecule has 21 heavy (non-hydrogen) atoms. The molecule has 3 rings (SSSR count). The van der Waals surface area contributed by atoms with Crippen LogP contribution in [0.3, 0.4) is 0 Å². The second-order valence-electron chi connectivity index (χ2n) is 6.56. The summed E-state index contributed by atoms with van der Waals surface area (Å²) in [7, 11) is 1.84. The van der Waals surface area contributed by atoms with Gasteiger partial charge in [0.25, 0.3) is 0 Å². The fraction of sp³-hybridized carbons (Fsp3) is 0.938. The van der Waals surface area contributed by atoms with Crippen LogP contribution < -0.4 is 0 Å². The smallest absolute Gasteiger partial charge is 0.222 e. The second kappa shape index (κ2) is 6.23. The van der Waals surface area contributed by atoms with Gasteiger partial charge in [0, 0.05) is 52.4 Å². The van der Waals surface area contributed by atoms with Gasteiger partial charge in [0.1, 0.15) is 0 Å². The molecule has 3 saturated heterocycles. The van der Waals surface area contributed by atoms with Crippen LogP contribution in [0.1, 0.15) is 39.0 Å². The number of piperidine rings is 1. The SMILES string of the molecule is CCC(=O)N1CCC(N2CC(OC)C23CCOCC3)CC1. The molecule has 1 unspecified atom stereocenters. The minimum atomic E-state index is 0.203. The predicted octanol–water partition coefficient (Wildman–Crippen LogP) is 1.27. The van der Waals surface area contributed by atoms with Gasteiger partial charge < -0.3 is 14.4 Å². The molecule has 0 N–H and O–H groups in total. The summed E-state index contributed by atoms with van der Waals surface area (Å²) in [5.41, 5.74) is 0.203. The molecule has 3 fully saturated rings. The number of rotatable bonds is 3. The summed E-state index contributed by atoms with van der Waals surface area (Å²) >= 11 is 0. The van der Waals surface area contributed by atoms with E-state index in [1.807, 2.05) is 18.9 Å². The lowest BCUT2D eigenvalue weighted by atomic mass is 9.73. The van der Waals surface area contributed by atoms with Crippen LogP contribution in [0.4, 0.5) is 0 Å². The molecular formula is C16H28N2O3. The molecule has 0 aromatic heterocycles. The molecule has 0 aromatic carbocycles. The van der Waals surface area contributed by atoms with Crippen LogP contribution in [-0.4, -0.2) is 73.3 Å². The van der Waals surface area contributed by atoms with Crippen molar-refractivity contribution in [1.29, 1.82) is 0 Å². The molecule has 3 aliphatic rings. The van der Waals surface area contributed by atoms with Gasteiger partial charge in [0.15, 0.2) is 0 Å². The first-order valence-corrected chi connectivity index (χ1v) is 8.36. The maximum absolute atomic E-state index is 11.8. The molecule has 3 aliphatic heterocycles. The Morgan fingerprint density at radius 1 is 1.29 bits per heavy atom. The van der Waals surface area contributed by atoms with Crippen LogP contribution in [0.25, 0.3) is 0 Å². The highest BCUT2D eigenvalue weighted by Crippen LogP contribution is 2.44. The zero-order valence-electron chi connectivity index (χ0n) is 13.3. The first-order chi connectivity index (χ1) is 10.2. The average molecular weight is 296 g/mol. The monoisotopic (exact) mass is 296 g/mol. The van der Waals surface area contributed by atoms with Crippen molar-refractivity contribution in [2.45, 2.75) is 56.7 Å². The van der Waals surface area contributed by atoms with Gasteiger partial charge >= 0.3 is 0 Å². The number of nitrogens with zero attached hydrogens (tertiary/aromatic N) is 2. The normalized spacial score (nSPS) is 30.4. The van der Waals surface area contributed by atoms with E-state index < -0.39 is 0 Å². The van der Waals surface area contributed by atoms with Crippen molar-refractivity contribution < 1.29 is 14.3 Å². The lowest BCUT2D eigenvalue weighted by Gasteiger charge is -2.63. The summed E-state index contributed by atoms with van der Waals surface area (Å²) in [5, 5.41) is 0. The predicted molar refractivity (Wildman–Crippen MR) is 80.2 cm³/mol. The molecule has 0 aliphatic carbocycles. The quantitative estimate of drug-likeness (QED) is 0.786. The number of methoxy groups -OCH3 is 1. The molecule has 3 heterocycles. The van der Waals surface area contributed by atoms with Crippen LogP contribution in [0.15, 0.2) is 0 Å². The van der Waals surface area contributed by atoms with Gasteiger partial charge in [0.2, 0.25) is 5.91 Å². The third-order valence-electron chi connectivity index (χ3n) is 5.74. The van der Waals surface area contributed by atoms with Crippen LogP contribution in [-0.2, 0) is 14.3 Å². The van der Waals surface area contributed by atoms with Crippen LogP contribution in [0.5, 0.6) is 0 Å². The van der Waals surface area contributed by atoms with E-state index in [2.05, 4.69) is 4.90 Å². The lowest BCUT2D eigenvalue weighted by molar-refractivity contribution is -0.208. The van der Waals surface area contributed by atoms with Crippen molar-refractivity contribution in [3.8, 4) is 0 Å². The van der Waals surface area contributed by atoms with Crippen molar-refractivity contribution in [1.82, 2.24) is 9.80 Å². The molecule has 0 bridgehead atoms. The Morgan fingerprint density at radius 2 is 1.95 bits per heavy atom. The van der Waals surface area contributed by atoms with Crippen molar-refractivity contribution in [2.75, 3.05) is 40.0 Å². The Hall–Kier alpha value is -0.650. The first kappa shape index (κ1) is 15.3.